The highest BCUT2D eigenvalue weighted by atomic mass is 16.3. The first-order valence-electron chi connectivity index (χ1n) is 15.5. The smallest absolute Gasteiger partial charge is 0.136 e. The Morgan fingerprint density at radius 3 is 1.73 bits per heavy atom. The molecular formula is C44H26O. The zero-order valence-electron chi connectivity index (χ0n) is 24.4. The van der Waals surface area contributed by atoms with E-state index in [9.17, 15) is 0 Å². The monoisotopic (exact) mass is 570 g/mol. The predicted molar refractivity (Wildman–Crippen MR) is 191 cm³/mol. The molecule has 10 aromatic rings. The first-order chi connectivity index (χ1) is 22.3. The molecule has 9 aromatic carbocycles. The van der Waals surface area contributed by atoms with Gasteiger partial charge >= 0.3 is 0 Å². The van der Waals surface area contributed by atoms with Gasteiger partial charge in [0.05, 0.1) is 0 Å². The number of rotatable bonds is 3. The Morgan fingerprint density at radius 1 is 0.289 bits per heavy atom. The number of benzene rings is 9. The minimum Gasteiger partial charge on any atom is -0.456 e. The lowest BCUT2D eigenvalue weighted by Crippen LogP contribution is -1.90. The van der Waals surface area contributed by atoms with Crippen molar-refractivity contribution in [2.24, 2.45) is 0 Å². The standard InChI is InChI=1S/C44H26O/c1-2-9-27(10-3-1)34-21-17-29-20-24-37-35(22-18-30-19-23-36(34)42(29)43(30)37)39-25-31(33-15-8-12-28-11-4-5-13-32(28)33)26-41-44(39)38-14-6-7-16-40(38)45-41/h1-26H. The van der Waals surface area contributed by atoms with E-state index < -0.39 is 0 Å². The second-order valence-electron chi connectivity index (χ2n) is 12.0. The Morgan fingerprint density at radius 2 is 0.911 bits per heavy atom. The molecular weight excluding hydrogens is 544 g/mol. The SMILES string of the molecule is c1ccc(-c2ccc3ccc4c(-c5cc(-c6cccc7ccccc67)cc6oc7ccccc7c56)ccc5ccc2c3c54)cc1. The molecule has 0 unspecified atom stereocenters. The topological polar surface area (TPSA) is 13.1 Å². The van der Waals surface area contributed by atoms with E-state index in [0.29, 0.717) is 0 Å². The van der Waals surface area contributed by atoms with E-state index in [4.69, 9.17) is 4.42 Å². The van der Waals surface area contributed by atoms with Crippen LogP contribution in [0.15, 0.2) is 162 Å². The summed E-state index contributed by atoms with van der Waals surface area (Å²) in [7, 11) is 0. The quantitative estimate of drug-likeness (QED) is 0.193. The summed E-state index contributed by atoms with van der Waals surface area (Å²) in [5.74, 6) is 0. The molecule has 1 heterocycles. The van der Waals surface area contributed by atoms with Gasteiger partial charge in [-0.25, -0.2) is 0 Å². The highest BCUT2D eigenvalue weighted by molar-refractivity contribution is 6.29. The fraction of sp³-hybridized carbons (Fsp3) is 0. The van der Waals surface area contributed by atoms with Gasteiger partial charge in [0.2, 0.25) is 0 Å². The summed E-state index contributed by atoms with van der Waals surface area (Å²) in [5.41, 5.74) is 9.12. The minimum absolute atomic E-state index is 0.911. The Hall–Kier alpha value is -5.92. The zero-order valence-corrected chi connectivity index (χ0v) is 24.4. The molecule has 0 aliphatic carbocycles. The van der Waals surface area contributed by atoms with E-state index in [1.54, 1.807) is 0 Å². The molecule has 208 valence electrons. The van der Waals surface area contributed by atoms with Crippen molar-refractivity contribution in [1.82, 2.24) is 0 Å². The maximum absolute atomic E-state index is 6.58. The first kappa shape index (κ1) is 24.5. The molecule has 0 saturated heterocycles. The van der Waals surface area contributed by atoms with Crippen LogP contribution in [0.3, 0.4) is 0 Å². The summed E-state index contributed by atoms with van der Waals surface area (Å²) >= 11 is 0. The molecule has 0 fully saturated rings. The lowest BCUT2D eigenvalue weighted by atomic mass is 9.85. The van der Waals surface area contributed by atoms with Crippen LogP contribution < -0.4 is 0 Å². The van der Waals surface area contributed by atoms with Gasteiger partial charge in [0, 0.05) is 10.8 Å². The average Bonchev–Trinajstić information content (AvgIpc) is 3.49. The van der Waals surface area contributed by atoms with Gasteiger partial charge in [-0.15, -0.1) is 0 Å². The van der Waals surface area contributed by atoms with Crippen molar-refractivity contribution >= 4 is 65.0 Å². The van der Waals surface area contributed by atoms with Crippen LogP contribution in [-0.2, 0) is 0 Å². The molecule has 10 rings (SSSR count). The van der Waals surface area contributed by atoms with Gasteiger partial charge in [-0.05, 0) is 94.7 Å². The van der Waals surface area contributed by atoms with Crippen molar-refractivity contribution in [2.75, 3.05) is 0 Å². The second kappa shape index (κ2) is 9.29. The van der Waals surface area contributed by atoms with E-state index in [-0.39, 0.29) is 0 Å². The van der Waals surface area contributed by atoms with E-state index in [1.165, 1.54) is 70.9 Å². The molecule has 0 bridgehead atoms. The summed E-state index contributed by atoms with van der Waals surface area (Å²) in [4.78, 5) is 0. The van der Waals surface area contributed by atoms with Gasteiger partial charge in [0.1, 0.15) is 11.2 Å². The van der Waals surface area contributed by atoms with Crippen molar-refractivity contribution < 1.29 is 4.42 Å². The average molecular weight is 571 g/mol. The van der Waals surface area contributed by atoms with Gasteiger partial charge in [-0.1, -0.05) is 140 Å². The summed E-state index contributed by atoms with van der Waals surface area (Å²) < 4.78 is 6.58. The number of hydrogen-bond donors (Lipinski definition) is 0. The third-order valence-corrected chi connectivity index (χ3v) is 9.62. The molecule has 0 radical (unpaired) electrons. The highest BCUT2D eigenvalue weighted by Crippen LogP contribution is 2.46. The molecule has 0 aliphatic rings. The third kappa shape index (κ3) is 3.56. The molecule has 1 aromatic heterocycles. The predicted octanol–water partition coefficient (Wildman–Crippen LogP) is 12.6. The first-order valence-corrected chi connectivity index (χ1v) is 15.5. The second-order valence-corrected chi connectivity index (χ2v) is 12.0. The van der Waals surface area contributed by atoms with Crippen molar-refractivity contribution in [2.45, 2.75) is 0 Å². The van der Waals surface area contributed by atoms with Crippen LogP contribution in [0.25, 0.3) is 98.4 Å². The molecule has 1 nitrogen and oxygen atoms in total. The lowest BCUT2D eigenvalue weighted by Gasteiger charge is -2.17. The van der Waals surface area contributed by atoms with Crippen molar-refractivity contribution in [3.63, 3.8) is 0 Å². The lowest BCUT2D eigenvalue weighted by molar-refractivity contribution is 0.669. The molecule has 0 atom stereocenters. The van der Waals surface area contributed by atoms with Gasteiger partial charge in [-0.3, -0.25) is 0 Å². The van der Waals surface area contributed by atoms with Crippen LogP contribution in [-0.4, -0.2) is 0 Å². The maximum Gasteiger partial charge on any atom is 0.136 e. The molecule has 0 aliphatic heterocycles. The zero-order chi connectivity index (χ0) is 29.5. The largest absolute Gasteiger partial charge is 0.456 e. The van der Waals surface area contributed by atoms with Crippen LogP contribution in [0.5, 0.6) is 0 Å². The van der Waals surface area contributed by atoms with Crippen molar-refractivity contribution in [3.05, 3.63) is 158 Å². The number of para-hydroxylation sites is 1. The minimum atomic E-state index is 0.911. The molecule has 0 N–H and O–H groups in total. The maximum atomic E-state index is 6.58. The van der Waals surface area contributed by atoms with Crippen LogP contribution in [0.2, 0.25) is 0 Å². The Bertz CT molecular complexity index is 2740. The van der Waals surface area contributed by atoms with Crippen LogP contribution >= 0.6 is 0 Å². The third-order valence-electron chi connectivity index (χ3n) is 9.62. The molecule has 0 amide bonds. The van der Waals surface area contributed by atoms with Crippen LogP contribution in [0, 0.1) is 0 Å². The van der Waals surface area contributed by atoms with E-state index >= 15 is 0 Å². The van der Waals surface area contributed by atoms with Gasteiger partial charge in [0.25, 0.3) is 0 Å². The van der Waals surface area contributed by atoms with E-state index in [0.717, 1.165) is 27.5 Å². The summed E-state index contributed by atoms with van der Waals surface area (Å²) in [5, 5.41) is 12.5. The van der Waals surface area contributed by atoms with E-state index in [2.05, 4.69) is 158 Å². The summed E-state index contributed by atoms with van der Waals surface area (Å²) in [6.45, 7) is 0. The van der Waals surface area contributed by atoms with Crippen LogP contribution in [0.1, 0.15) is 0 Å². The normalized spacial score (nSPS) is 12.0. The van der Waals surface area contributed by atoms with E-state index in [1.807, 2.05) is 0 Å². The Labute approximate surface area is 259 Å². The molecule has 0 saturated carbocycles. The highest BCUT2D eigenvalue weighted by Gasteiger charge is 2.20. The Kier molecular flexibility index (Phi) is 5.06. The summed E-state index contributed by atoms with van der Waals surface area (Å²) in [6, 6.07) is 57.3. The van der Waals surface area contributed by atoms with Crippen LogP contribution in [0.4, 0.5) is 0 Å². The van der Waals surface area contributed by atoms with Gasteiger partial charge in [0.15, 0.2) is 0 Å². The molecule has 1 heteroatoms. The Balaban J connectivity index is 1.33. The number of furan rings is 1. The fourth-order valence-electron chi connectivity index (χ4n) is 7.60. The summed E-state index contributed by atoms with van der Waals surface area (Å²) in [6.07, 6.45) is 0. The fourth-order valence-corrected chi connectivity index (χ4v) is 7.60. The van der Waals surface area contributed by atoms with Crippen molar-refractivity contribution in [1.29, 1.82) is 0 Å². The van der Waals surface area contributed by atoms with Crippen molar-refractivity contribution in [3.8, 4) is 33.4 Å². The number of hydrogen-bond acceptors (Lipinski definition) is 1. The van der Waals surface area contributed by atoms with Gasteiger partial charge < -0.3 is 4.42 Å². The van der Waals surface area contributed by atoms with Gasteiger partial charge in [-0.2, -0.15) is 0 Å². The number of fused-ring (bicyclic) bond motifs is 4. The molecule has 45 heavy (non-hydrogen) atoms. The molecule has 0 spiro atoms.